The highest BCUT2D eigenvalue weighted by atomic mass is 32.1. The molecule has 0 saturated carbocycles. The van der Waals surface area contributed by atoms with Crippen molar-refractivity contribution in [2.75, 3.05) is 31.5 Å². The zero-order valence-corrected chi connectivity index (χ0v) is 19.7. The molecule has 0 bridgehead atoms. The first-order valence-corrected chi connectivity index (χ1v) is 12.4. The molecule has 6 nitrogen and oxygen atoms in total. The number of carbonyl (C=O) groups excluding carboxylic acids is 1. The molecule has 2 aromatic heterocycles. The minimum Gasteiger partial charge on any atom is -0.340 e. The number of thiazole rings is 1. The van der Waals surface area contributed by atoms with E-state index in [1.807, 2.05) is 28.5 Å². The monoisotopic (exact) mass is 469 g/mol. The smallest absolute Gasteiger partial charge is 0.228 e. The molecule has 3 heterocycles. The quantitative estimate of drug-likeness (QED) is 0.423. The number of piperazine rings is 1. The van der Waals surface area contributed by atoms with E-state index in [1.54, 1.807) is 6.20 Å². The van der Waals surface area contributed by atoms with E-state index in [1.165, 1.54) is 22.5 Å². The van der Waals surface area contributed by atoms with Crippen LogP contribution in [0.2, 0.25) is 0 Å². The number of anilines is 2. The highest BCUT2D eigenvalue weighted by Gasteiger charge is 2.28. The molecule has 2 aromatic carbocycles. The van der Waals surface area contributed by atoms with Gasteiger partial charge in [0.25, 0.3) is 0 Å². The molecule has 5 rings (SSSR count). The van der Waals surface area contributed by atoms with Crippen LogP contribution in [0.25, 0.3) is 0 Å². The maximum Gasteiger partial charge on any atom is 0.228 e. The van der Waals surface area contributed by atoms with E-state index < -0.39 is 0 Å². The Morgan fingerprint density at radius 1 is 0.882 bits per heavy atom. The third-order valence-electron chi connectivity index (χ3n) is 6.05. The summed E-state index contributed by atoms with van der Waals surface area (Å²) in [5.41, 5.74) is 3.36. The molecule has 34 heavy (non-hydrogen) atoms. The number of hydrogen-bond donors (Lipinski definition) is 1. The normalized spacial score (nSPS) is 14.3. The molecule has 0 radical (unpaired) electrons. The molecule has 0 spiro atoms. The molecule has 1 amide bonds. The third-order valence-corrected chi connectivity index (χ3v) is 6.85. The number of hydrogen-bond acceptors (Lipinski definition) is 6. The number of pyridine rings is 1. The van der Waals surface area contributed by atoms with E-state index in [2.05, 4.69) is 80.8 Å². The van der Waals surface area contributed by atoms with Crippen molar-refractivity contribution in [3.8, 4) is 0 Å². The van der Waals surface area contributed by atoms with Crippen molar-refractivity contribution in [1.29, 1.82) is 0 Å². The predicted molar refractivity (Wildman–Crippen MR) is 136 cm³/mol. The van der Waals surface area contributed by atoms with Crippen LogP contribution in [0.3, 0.4) is 0 Å². The van der Waals surface area contributed by atoms with Crippen LogP contribution in [-0.2, 0) is 11.2 Å². The van der Waals surface area contributed by atoms with Crippen LogP contribution < -0.4 is 5.32 Å². The van der Waals surface area contributed by atoms with Crippen LogP contribution in [0.15, 0.2) is 90.4 Å². The second-order valence-electron chi connectivity index (χ2n) is 8.30. The number of benzene rings is 2. The van der Waals surface area contributed by atoms with Gasteiger partial charge < -0.3 is 10.2 Å². The van der Waals surface area contributed by atoms with E-state index in [-0.39, 0.29) is 11.9 Å². The summed E-state index contributed by atoms with van der Waals surface area (Å²) in [5, 5.41) is 5.89. The van der Waals surface area contributed by atoms with Crippen molar-refractivity contribution in [1.82, 2.24) is 19.8 Å². The van der Waals surface area contributed by atoms with Gasteiger partial charge in [0.1, 0.15) is 5.82 Å². The van der Waals surface area contributed by atoms with Crippen molar-refractivity contribution in [2.45, 2.75) is 12.5 Å². The molecule has 1 aliphatic rings. The molecule has 0 aliphatic carbocycles. The highest BCUT2D eigenvalue weighted by Crippen LogP contribution is 2.29. The summed E-state index contributed by atoms with van der Waals surface area (Å²) in [5.74, 6) is 0.877. The lowest BCUT2D eigenvalue weighted by molar-refractivity contribution is -0.132. The summed E-state index contributed by atoms with van der Waals surface area (Å²) in [6, 6.07) is 27.1. The van der Waals surface area contributed by atoms with Crippen LogP contribution >= 0.6 is 11.3 Å². The molecule has 1 aliphatic heterocycles. The second kappa shape index (κ2) is 10.6. The number of amides is 1. The van der Waals surface area contributed by atoms with E-state index >= 15 is 0 Å². The molecule has 7 heteroatoms. The van der Waals surface area contributed by atoms with Crippen molar-refractivity contribution < 1.29 is 4.79 Å². The lowest BCUT2D eigenvalue weighted by Crippen LogP contribution is -2.50. The van der Waals surface area contributed by atoms with Gasteiger partial charge in [-0.25, -0.2) is 9.97 Å². The molecule has 1 saturated heterocycles. The van der Waals surface area contributed by atoms with E-state index in [0.29, 0.717) is 6.42 Å². The van der Waals surface area contributed by atoms with Crippen LogP contribution in [0.4, 0.5) is 10.9 Å². The van der Waals surface area contributed by atoms with E-state index in [4.69, 9.17) is 0 Å². The van der Waals surface area contributed by atoms with Crippen molar-refractivity contribution in [3.05, 3.63) is 107 Å². The third kappa shape index (κ3) is 5.32. The summed E-state index contributed by atoms with van der Waals surface area (Å²) in [6.45, 7) is 3.11. The minimum atomic E-state index is 0.130. The van der Waals surface area contributed by atoms with Crippen molar-refractivity contribution in [3.63, 3.8) is 0 Å². The SMILES string of the molecule is O=C(Cc1csc(Nc2ccccn2)n1)N1CCN(C(c2ccccc2)c2ccccc2)CC1. The summed E-state index contributed by atoms with van der Waals surface area (Å²) in [6.07, 6.45) is 2.06. The number of nitrogens with one attached hydrogen (secondary N) is 1. The Morgan fingerprint density at radius 3 is 2.15 bits per heavy atom. The first-order chi connectivity index (χ1) is 16.8. The lowest BCUT2D eigenvalue weighted by Gasteiger charge is -2.39. The van der Waals surface area contributed by atoms with Gasteiger partial charge in [0.05, 0.1) is 18.2 Å². The topological polar surface area (TPSA) is 61.4 Å². The molecule has 1 fully saturated rings. The van der Waals surface area contributed by atoms with Gasteiger partial charge in [-0.05, 0) is 23.3 Å². The molecule has 4 aromatic rings. The average molecular weight is 470 g/mol. The van der Waals surface area contributed by atoms with Gasteiger partial charge >= 0.3 is 0 Å². The van der Waals surface area contributed by atoms with Gasteiger partial charge in [0.2, 0.25) is 5.91 Å². The molecule has 1 N–H and O–H groups in total. The molecule has 172 valence electrons. The Hall–Kier alpha value is -3.55. The van der Waals surface area contributed by atoms with Crippen molar-refractivity contribution >= 4 is 28.2 Å². The fourth-order valence-corrected chi connectivity index (χ4v) is 5.09. The van der Waals surface area contributed by atoms with E-state index in [0.717, 1.165) is 42.8 Å². The first kappa shape index (κ1) is 22.3. The Bertz CT molecular complexity index is 1150. The standard InChI is InChI=1S/C27H27N5OS/c33-25(19-23-20-34-27(29-23)30-24-13-7-8-14-28-24)31-15-17-32(18-16-31)26(21-9-3-1-4-10-21)22-11-5-2-6-12-22/h1-14,20,26H,15-19H2,(H,28,29,30). The Morgan fingerprint density at radius 2 is 1.53 bits per heavy atom. The maximum atomic E-state index is 13.0. The molecular weight excluding hydrogens is 442 g/mol. The second-order valence-corrected chi connectivity index (χ2v) is 9.16. The summed E-state index contributed by atoms with van der Waals surface area (Å²) >= 11 is 1.49. The minimum absolute atomic E-state index is 0.130. The number of rotatable bonds is 7. The lowest BCUT2D eigenvalue weighted by atomic mass is 9.96. The summed E-state index contributed by atoms with van der Waals surface area (Å²) in [7, 11) is 0. The molecule has 0 unspecified atom stereocenters. The van der Waals surface area contributed by atoms with Gasteiger partial charge in [-0.3, -0.25) is 9.69 Å². The van der Waals surface area contributed by atoms with Gasteiger partial charge in [0.15, 0.2) is 5.13 Å². The highest BCUT2D eigenvalue weighted by molar-refractivity contribution is 7.13. The van der Waals surface area contributed by atoms with Crippen LogP contribution in [0.1, 0.15) is 22.9 Å². The average Bonchev–Trinajstić information content (AvgIpc) is 3.33. The van der Waals surface area contributed by atoms with E-state index in [9.17, 15) is 4.79 Å². The zero-order valence-electron chi connectivity index (χ0n) is 18.9. The first-order valence-electron chi connectivity index (χ1n) is 11.5. The maximum absolute atomic E-state index is 13.0. The summed E-state index contributed by atoms with van der Waals surface area (Å²) < 4.78 is 0. The number of carbonyl (C=O) groups is 1. The van der Waals surface area contributed by atoms with Crippen LogP contribution in [0.5, 0.6) is 0 Å². The predicted octanol–water partition coefficient (Wildman–Crippen LogP) is 4.76. The fraction of sp³-hybridized carbons (Fsp3) is 0.222. The largest absolute Gasteiger partial charge is 0.340 e. The Labute approximate surface area is 203 Å². The Balaban J connectivity index is 1.20. The molecular formula is C27H27N5OS. The van der Waals surface area contributed by atoms with Gasteiger partial charge in [0, 0.05) is 37.8 Å². The zero-order chi connectivity index (χ0) is 23.2. The summed E-state index contributed by atoms with van der Waals surface area (Å²) in [4.78, 5) is 26.3. The number of aromatic nitrogens is 2. The molecule has 0 atom stereocenters. The van der Waals surface area contributed by atoms with Crippen molar-refractivity contribution in [2.24, 2.45) is 0 Å². The van der Waals surface area contributed by atoms with Gasteiger partial charge in [-0.2, -0.15) is 0 Å². The van der Waals surface area contributed by atoms with Crippen LogP contribution in [-0.4, -0.2) is 51.9 Å². The van der Waals surface area contributed by atoms with Gasteiger partial charge in [-0.15, -0.1) is 11.3 Å². The van der Waals surface area contributed by atoms with Crippen LogP contribution in [0, 0.1) is 0 Å². The Kier molecular flexibility index (Phi) is 6.93. The van der Waals surface area contributed by atoms with Gasteiger partial charge in [-0.1, -0.05) is 66.7 Å². The fourth-order valence-electron chi connectivity index (χ4n) is 4.37. The number of nitrogens with zero attached hydrogens (tertiary/aromatic N) is 4.